The molecule has 1 N–H and O–H groups in total. The molecular weight excluding hydrogens is 180 g/mol. The van der Waals surface area contributed by atoms with Crippen LogP contribution in [0.1, 0.15) is 32.1 Å². The largest absolute Gasteiger partial charge is 0.469 e. The van der Waals surface area contributed by atoms with Gasteiger partial charge in [-0.1, -0.05) is 0 Å². The molecule has 0 saturated heterocycles. The van der Waals surface area contributed by atoms with Crippen LogP contribution >= 0.6 is 0 Å². The first-order valence-electron chi connectivity index (χ1n) is 5.46. The van der Waals surface area contributed by atoms with Crippen LogP contribution < -0.4 is 0 Å². The number of fused-ring (bicyclic) bond motifs is 1. The van der Waals surface area contributed by atoms with Gasteiger partial charge in [-0.25, -0.2) is 0 Å². The molecule has 14 heavy (non-hydrogen) atoms. The van der Waals surface area contributed by atoms with E-state index in [1.165, 1.54) is 7.11 Å². The fourth-order valence-electron chi connectivity index (χ4n) is 3.09. The standard InChI is InChI=1S/C11H18O3/c1-14-11(13)9-4-7-2-3-10(12)6-8(7)5-9/h7-10,12H,2-6H2,1H3/t7-,8-,9-,10+/m0/s1. The van der Waals surface area contributed by atoms with Crippen molar-refractivity contribution < 1.29 is 14.6 Å². The third-order valence-corrected chi connectivity index (χ3v) is 3.82. The van der Waals surface area contributed by atoms with Gasteiger partial charge in [-0.3, -0.25) is 4.79 Å². The zero-order chi connectivity index (χ0) is 10.1. The summed E-state index contributed by atoms with van der Waals surface area (Å²) < 4.78 is 4.77. The summed E-state index contributed by atoms with van der Waals surface area (Å²) in [6.45, 7) is 0. The molecule has 0 heterocycles. The van der Waals surface area contributed by atoms with Crippen molar-refractivity contribution in [2.45, 2.75) is 38.2 Å². The molecule has 2 rings (SSSR count). The molecule has 2 fully saturated rings. The van der Waals surface area contributed by atoms with Crippen LogP contribution in [-0.2, 0) is 9.53 Å². The van der Waals surface area contributed by atoms with Crippen LogP contribution in [-0.4, -0.2) is 24.3 Å². The number of rotatable bonds is 1. The number of methoxy groups -OCH3 is 1. The fraction of sp³-hybridized carbons (Fsp3) is 0.909. The van der Waals surface area contributed by atoms with Crippen LogP contribution in [0.15, 0.2) is 0 Å². The number of aliphatic hydroxyl groups excluding tert-OH is 1. The Morgan fingerprint density at radius 2 is 1.93 bits per heavy atom. The molecule has 0 bridgehead atoms. The molecule has 2 aliphatic rings. The number of aliphatic hydroxyl groups is 1. The Bertz CT molecular complexity index is 227. The second kappa shape index (κ2) is 3.89. The molecule has 3 nitrogen and oxygen atoms in total. The molecule has 0 aromatic rings. The summed E-state index contributed by atoms with van der Waals surface area (Å²) in [5.41, 5.74) is 0. The molecular formula is C11H18O3. The van der Waals surface area contributed by atoms with Gasteiger partial charge in [0, 0.05) is 0 Å². The Morgan fingerprint density at radius 1 is 1.21 bits per heavy atom. The number of carbonyl (C=O) groups is 1. The van der Waals surface area contributed by atoms with E-state index >= 15 is 0 Å². The lowest BCUT2D eigenvalue weighted by Gasteiger charge is -2.28. The summed E-state index contributed by atoms with van der Waals surface area (Å²) in [5, 5.41) is 9.52. The summed E-state index contributed by atoms with van der Waals surface area (Å²) in [6, 6.07) is 0. The minimum absolute atomic E-state index is 0.0612. The molecule has 4 atom stereocenters. The molecule has 0 amide bonds. The van der Waals surface area contributed by atoms with E-state index in [1.54, 1.807) is 0 Å². The maximum atomic E-state index is 11.4. The van der Waals surface area contributed by atoms with Crippen LogP contribution in [0, 0.1) is 17.8 Å². The fourth-order valence-corrected chi connectivity index (χ4v) is 3.09. The highest BCUT2D eigenvalue weighted by atomic mass is 16.5. The van der Waals surface area contributed by atoms with Crippen molar-refractivity contribution in [3.05, 3.63) is 0 Å². The highest BCUT2D eigenvalue weighted by Crippen LogP contribution is 2.45. The van der Waals surface area contributed by atoms with Crippen molar-refractivity contribution in [2.75, 3.05) is 7.11 Å². The Hall–Kier alpha value is -0.570. The van der Waals surface area contributed by atoms with Gasteiger partial charge in [-0.05, 0) is 43.9 Å². The average molecular weight is 198 g/mol. The molecule has 0 aliphatic heterocycles. The third kappa shape index (κ3) is 1.78. The normalized spacial score (nSPS) is 41.9. The van der Waals surface area contributed by atoms with Gasteiger partial charge in [0.25, 0.3) is 0 Å². The van der Waals surface area contributed by atoms with Gasteiger partial charge in [0.05, 0.1) is 19.1 Å². The van der Waals surface area contributed by atoms with E-state index in [4.69, 9.17) is 4.74 Å². The van der Waals surface area contributed by atoms with E-state index < -0.39 is 0 Å². The second-order valence-electron chi connectivity index (χ2n) is 4.68. The summed E-state index contributed by atoms with van der Waals surface area (Å²) in [6.07, 6.45) is 4.65. The first kappa shape index (κ1) is 9.97. The lowest BCUT2D eigenvalue weighted by molar-refractivity contribution is -0.145. The predicted molar refractivity (Wildman–Crippen MR) is 51.6 cm³/mol. The summed E-state index contributed by atoms with van der Waals surface area (Å²) in [7, 11) is 1.46. The molecule has 0 aromatic carbocycles. The Morgan fingerprint density at radius 3 is 2.64 bits per heavy atom. The van der Waals surface area contributed by atoms with Crippen LogP contribution in [0.25, 0.3) is 0 Å². The molecule has 0 radical (unpaired) electrons. The number of esters is 1. The minimum atomic E-state index is -0.132. The smallest absolute Gasteiger partial charge is 0.308 e. The van der Waals surface area contributed by atoms with E-state index in [-0.39, 0.29) is 18.0 Å². The third-order valence-electron chi connectivity index (χ3n) is 3.82. The van der Waals surface area contributed by atoms with Gasteiger partial charge in [0.1, 0.15) is 0 Å². The van der Waals surface area contributed by atoms with Crippen LogP contribution in [0.2, 0.25) is 0 Å². The lowest BCUT2D eigenvalue weighted by Crippen LogP contribution is -2.23. The number of ether oxygens (including phenoxy) is 1. The summed E-state index contributed by atoms with van der Waals surface area (Å²) in [4.78, 5) is 11.4. The molecule has 0 spiro atoms. The van der Waals surface area contributed by atoms with Crippen LogP contribution in [0.3, 0.4) is 0 Å². The van der Waals surface area contributed by atoms with E-state index in [9.17, 15) is 9.90 Å². The van der Waals surface area contributed by atoms with Crippen LogP contribution in [0.5, 0.6) is 0 Å². The maximum absolute atomic E-state index is 11.4. The average Bonchev–Trinajstić information content (AvgIpc) is 2.59. The van der Waals surface area contributed by atoms with Gasteiger partial charge in [0.2, 0.25) is 0 Å². The van der Waals surface area contributed by atoms with E-state index in [0.717, 1.165) is 32.1 Å². The maximum Gasteiger partial charge on any atom is 0.308 e. The van der Waals surface area contributed by atoms with E-state index in [2.05, 4.69) is 0 Å². The summed E-state index contributed by atoms with van der Waals surface area (Å²) in [5.74, 6) is 1.25. The van der Waals surface area contributed by atoms with Crippen LogP contribution in [0.4, 0.5) is 0 Å². The molecule has 3 heteroatoms. The van der Waals surface area contributed by atoms with Crippen molar-refractivity contribution in [1.29, 1.82) is 0 Å². The minimum Gasteiger partial charge on any atom is -0.469 e. The Labute approximate surface area is 84.4 Å². The zero-order valence-corrected chi connectivity index (χ0v) is 8.61. The Kier molecular flexibility index (Phi) is 2.77. The van der Waals surface area contributed by atoms with Gasteiger partial charge in [0.15, 0.2) is 0 Å². The lowest BCUT2D eigenvalue weighted by atomic mass is 9.80. The monoisotopic (exact) mass is 198 g/mol. The van der Waals surface area contributed by atoms with E-state index in [1.807, 2.05) is 0 Å². The number of hydrogen-bond donors (Lipinski definition) is 1. The molecule has 0 aromatic heterocycles. The highest BCUT2D eigenvalue weighted by Gasteiger charge is 2.41. The first-order valence-corrected chi connectivity index (χ1v) is 5.46. The first-order chi connectivity index (χ1) is 6.70. The molecule has 2 saturated carbocycles. The predicted octanol–water partition coefficient (Wildman–Crippen LogP) is 1.35. The van der Waals surface area contributed by atoms with Gasteiger partial charge in [-0.15, -0.1) is 0 Å². The SMILES string of the molecule is COC(=O)[C@@H]1C[C@H]2C[C@H](O)CC[C@H]2C1. The second-order valence-corrected chi connectivity index (χ2v) is 4.68. The van der Waals surface area contributed by atoms with Gasteiger partial charge in [-0.2, -0.15) is 0 Å². The Balaban J connectivity index is 1.95. The number of hydrogen-bond acceptors (Lipinski definition) is 3. The van der Waals surface area contributed by atoms with Gasteiger partial charge < -0.3 is 9.84 Å². The van der Waals surface area contributed by atoms with Crippen molar-refractivity contribution >= 4 is 5.97 Å². The van der Waals surface area contributed by atoms with Crippen molar-refractivity contribution in [2.24, 2.45) is 17.8 Å². The highest BCUT2D eigenvalue weighted by molar-refractivity contribution is 5.72. The molecule has 0 unspecified atom stereocenters. The van der Waals surface area contributed by atoms with Crippen molar-refractivity contribution in [3.8, 4) is 0 Å². The van der Waals surface area contributed by atoms with Gasteiger partial charge >= 0.3 is 5.97 Å². The zero-order valence-electron chi connectivity index (χ0n) is 8.61. The topological polar surface area (TPSA) is 46.5 Å². The van der Waals surface area contributed by atoms with E-state index in [0.29, 0.717) is 11.8 Å². The van der Waals surface area contributed by atoms with Crippen molar-refractivity contribution in [3.63, 3.8) is 0 Å². The summed E-state index contributed by atoms with van der Waals surface area (Å²) >= 11 is 0. The quantitative estimate of drug-likeness (QED) is 0.647. The molecule has 80 valence electrons. The number of carbonyl (C=O) groups excluding carboxylic acids is 1. The molecule has 2 aliphatic carbocycles. The van der Waals surface area contributed by atoms with Crippen molar-refractivity contribution in [1.82, 2.24) is 0 Å².